The van der Waals surface area contributed by atoms with E-state index in [1.165, 1.54) is 24.7 Å². The van der Waals surface area contributed by atoms with Gasteiger partial charge in [-0.05, 0) is 13.0 Å². The maximum Gasteiger partial charge on any atom is 0.344 e. The van der Waals surface area contributed by atoms with Crippen molar-refractivity contribution in [2.24, 2.45) is 7.05 Å². The molecule has 1 aromatic heterocycles. The van der Waals surface area contributed by atoms with Crippen LogP contribution in [-0.4, -0.2) is 29.3 Å². The molecule has 184 valence electrons. The molecule has 4 aromatic rings. The van der Waals surface area contributed by atoms with Gasteiger partial charge in [0.1, 0.15) is 5.15 Å². The summed E-state index contributed by atoms with van der Waals surface area (Å²) in [5.41, 5.74) is 1.07. The summed E-state index contributed by atoms with van der Waals surface area (Å²) in [6, 6.07) is 20.3. The topological polar surface area (TPSA) is 117 Å². The summed E-state index contributed by atoms with van der Waals surface area (Å²) < 4.78 is 45.7. The minimum Gasteiger partial charge on any atom is -0.478 e. The van der Waals surface area contributed by atoms with Crippen LogP contribution in [0.25, 0.3) is 0 Å². The molecule has 0 aliphatic carbocycles. The van der Waals surface area contributed by atoms with Crippen molar-refractivity contribution in [2.45, 2.75) is 17.6 Å². The fourth-order valence-electron chi connectivity index (χ4n) is 4.03. The summed E-state index contributed by atoms with van der Waals surface area (Å²) in [4.78, 5) is 11.5. The van der Waals surface area contributed by atoms with Gasteiger partial charge in [-0.25, -0.2) is 4.79 Å². The zero-order chi connectivity index (χ0) is 25.7. The van der Waals surface area contributed by atoms with Crippen molar-refractivity contribution < 1.29 is 32.0 Å². The largest absolute Gasteiger partial charge is 0.478 e. The number of fused-ring (bicyclic) bond motifs is 1. The van der Waals surface area contributed by atoms with E-state index >= 15 is 0 Å². The van der Waals surface area contributed by atoms with E-state index in [0.717, 1.165) is 6.07 Å². The van der Waals surface area contributed by atoms with Crippen molar-refractivity contribution in [3.05, 3.63) is 100 Å². The van der Waals surface area contributed by atoms with Crippen LogP contribution in [0.5, 0.6) is 17.2 Å². The number of nitrogens with zero attached hydrogens (tertiary/aromatic N) is 2. The van der Waals surface area contributed by atoms with Crippen LogP contribution in [0, 0.1) is 6.92 Å². The standard InChI is InChI=1S/C25H19ClN2O7S/c1-15-22(23(26)28(2)27-15)36(31,32)35-20-14-16(24(29)30)13-19-21(20)34-25(33-19,17-9-5-3-6-10-17)18-11-7-4-8-12-18/h3-14H,1-2H3,(H,29,30). The first-order valence-corrected chi connectivity index (χ1v) is 12.4. The molecule has 2 heterocycles. The van der Waals surface area contributed by atoms with Gasteiger partial charge < -0.3 is 18.8 Å². The first kappa shape index (κ1) is 23.7. The Morgan fingerprint density at radius 3 is 2.11 bits per heavy atom. The highest BCUT2D eigenvalue weighted by molar-refractivity contribution is 7.87. The van der Waals surface area contributed by atoms with Crippen molar-refractivity contribution in [3.63, 3.8) is 0 Å². The molecule has 0 fully saturated rings. The summed E-state index contributed by atoms with van der Waals surface area (Å²) >= 11 is 6.16. The van der Waals surface area contributed by atoms with Gasteiger partial charge in [0.05, 0.1) is 11.3 Å². The van der Waals surface area contributed by atoms with E-state index in [-0.39, 0.29) is 38.6 Å². The summed E-state index contributed by atoms with van der Waals surface area (Å²) in [6.07, 6.45) is 0. The van der Waals surface area contributed by atoms with Crippen LogP contribution in [-0.2, 0) is 23.0 Å². The van der Waals surface area contributed by atoms with Crippen LogP contribution in [0.3, 0.4) is 0 Å². The summed E-state index contributed by atoms with van der Waals surface area (Å²) in [5.74, 6) is -3.27. The lowest BCUT2D eigenvalue weighted by molar-refractivity contribution is -0.0464. The van der Waals surface area contributed by atoms with Gasteiger partial charge in [0.25, 0.3) is 0 Å². The Hall–Kier alpha value is -4.02. The van der Waals surface area contributed by atoms with Crippen molar-refractivity contribution in [2.75, 3.05) is 0 Å². The number of benzene rings is 3. The smallest absolute Gasteiger partial charge is 0.344 e. The molecular formula is C25H19ClN2O7S. The quantitative estimate of drug-likeness (QED) is 0.364. The molecule has 0 atom stereocenters. The number of rotatable bonds is 6. The first-order chi connectivity index (χ1) is 17.1. The average molecular weight is 527 g/mol. The fraction of sp³-hybridized carbons (Fsp3) is 0.120. The number of ether oxygens (including phenoxy) is 2. The second-order valence-corrected chi connectivity index (χ2v) is 9.87. The number of carbonyl (C=O) groups is 1. The highest BCUT2D eigenvalue weighted by Gasteiger charge is 2.47. The molecule has 36 heavy (non-hydrogen) atoms. The number of hydrogen-bond acceptors (Lipinski definition) is 7. The Bertz CT molecular complexity index is 1550. The maximum atomic E-state index is 13.2. The van der Waals surface area contributed by atoms with E-state index in [0.29, 0.717) is 11.1 Å². The molecule has 0 bridgehead atoms. The van der Waals surface area contributed by atoms with Gasteiger partial charge in [0, 0.05) is 24.2 Å². The fourth-order valence-corrected chi connectivity index (χ4v) is 5.67. The number of carboxylic acids is 1. The van der Waals surface area contributed by atoms with E-state index in [1.54, 1.807) is 48.5 Å². The van der Waals surface area contributed by atoms with Crippen LogP contribution < -0.4 is 13.7 Å². The molecule has 0 unspecified atom stereocenters. The second-order valence-electron chi connectivity index (χ2n) is 8.03. The van der Waals surface area contributed by atoms with Crippen molar-refractivity contribution in [1.82, 2.24) is 9.78 Å². The number of aromatic carboxylic acids is 1. The summed E-state index contributed by atoms with van der Waals surface area (Å²) in [6.45, 7) is 1.47. The van der Waals surface area contributed by atoms with E-state index in [4.69, 9.17) is 25.3 Å². The molecule has 0 radical (unpaired) electrons. The third-order valence-corrected chi connectivity index (χ3v) is 7.56. The van der Waals surface area contributed by atoms with E-state index < -0.39 is 21.9 Å². The number of aryl methyl sites for hydroxylation is 2. The number of halogens is 1. The van der Waals surface area contributed by atoms with E-state index in [2.05, 4.69) is 5.10 Å². The monoisotopic (exact) mass is 526 g/mol. The Labute approximate surface area is 211 Å². The van der Waals surface area contributed by atoms with E-state index in [9.17, 15) is 18.3 Å². The Balaban J connectivity index is 1.68. The van der Waals surface area contributed by atoms with Gasteiger partial charge in [-0.3, -0.25) is 4.68 Å². The van der Waals surface area contributed by atoms with Crippen LogP contribution in [0.4, 0.5) is 0 Å². The molecule has 1 aliphatic rings. The predicted molar refractivity (Wildman–Crippen MR) is 129 cm³/mol. The van der Waals surface area contributed by atoms with Gasteiger partial charge in [0.2, 0.25) is 5.75 Å². The lowest BCUT2D eigenvalue weighted by atomic mass is 9.97. The van der Waals surface area contributed by atoms with Crippen LogP contribution in [0.2, 0.25) is 5.15 Å². The Morgan fingerprint density at radius 2 is 1.61 bits per heavy atom. The second kappa shape index (κ2) is 8.58. The van der Waals surface area contributed by atoms with Crippen LogP contribution in [0.15, 0.2) is 77.7 Å². The average Bonchev–Trinajstić information content (AvgIpc) is 3.37. The highest BCUT2D eigenvalue weighted by atomic mass is 35.5. The van der Waals surface area contributed by atoms with Crippen molar-refractivity contribution in [3.8, 4) is 17.2 Å². The summed E-state index contributed by atoms with van der Waals surface area (Å²) in [7, 11) is -3.04. The zero-order valence-corrected chi connectivity index (χ0v) is 20.6. The Morgan fingerprint density at radius 1 is 1.03 bits per heavy atom. The third-order valence-electron chi connectivity index (χ3n) is 5.62. The van der Waals surface area contributed by atoms with Gasteiger partial charge in [-0.1, -0.05) is 72.3 Å². The molecule has 11 heteroatoms. The molecule has 9 nitrogen and oxygen atoms in total. The lowest BCUT2D eigenvalue weighted by Crippen LogP contribution is -2.36. The highest BCUT2D eigenvalue weighted by Crippen LogP contribution is 2.53. The Kier molecular flexibility index (Phi) is 5.65. The molecular weight excluding hydrogens is 508 g/mol. The van der Waals surface area contributed by atoms with E-state index in [1.807, 2.05) is 12.1 Å². The first-order valence-electron chi connectivity index (χ1n) is 10.7. The van der Waals surface area contributed by atoms with Crippen molar-refractivity contribution in [1.29, 1.82) is 0 Å². The minimum absolute atomic E-state index is 0.00168. The number of carboxylic acid groups (broad SMARTS) is 1. The predicted octanol–water partition coefficient (Wildman–Crippen LogP) is 4.52. The third kappa shape index (κ3) is 3.84. The number of hydrogen-bond donors (Lipinski definition) is 1. The zero-order valence-electron chi connectivity index (χ0n) is 19.0. The number of aromatic nitrogens is 2. The summed E-state index contributed by atoms with van der Waals surface area (Å²) in [5, 5.41) is 13.5. The maximum absolute atomic E-state index is 13.2. The minimum atomic E-state index is -4.53. The van der Waals surface area contributed by atoms with Gasteiger partial charge in [0.15, 0.2) is 16.4 Å². The lowest BCUT2D eigenvalue weighted by Gasteiger charge is -2.28. The molecule has 0 spiro atoms. The van der Waals surface area contributed by atoms with Gasteiger partial charge in [-0.15, -0.1) is 0 Å². The molecule has 0 amide bonds. The van der Waals surface area contributed by atoms with Gasteiger partial charge in [-0.2, -0.15) is 13.5 Å². The normalized spacial score (nSPS) is 14.0. The molecule has 1 aliphatic heterocycles. The molecule has 0 saturated carbocycles. The molecule has 0 saturated heterocycles. The SMILES string of the molecule is Cc1nn(C)c(Cl)c1S(=O)(=O)Oc1cc(C(=O)O)cc2c1OC(c1ccccc1)(c1ccccc1)O2. The molecule has 1 N–H and O–H groups in total. The molecule has 5 rings (SSSR count). The molecule has 3 aromatic carbocycles. The van der Waals surface area contributed by atoms with Crippen LogP contribution >= 0.6 is 11.6 Å². The van der Waals surface area contributed by atoms with Crippen molar-refractivity contribution >= 4 is 27.7 Å². The van der Waals surface area contributed by atoms with Crippen LogP contribution in [0.1, 0.15) is 27.2 Å². The van der Waals surface area contributed by atoms with Gasteiger partial charge >= 0.3 is 21.9 Å².